The molecule has 2 aromatic rings. The topological polar surface area (TPSA) is 162 Å². The largest absolute Gasteiger partial charge is 0.480 e. The summed E-state index contributed by atoms with van der Waals surface area (Å²) in [5.74, 6) is -1.80. The second kappa shape index (κ2) is 14.5. The minimum Gasteiger partial charge on any atom is -0.480 e. The lowest BCUT2D eigenvalue weighted by molar-refractivity contribution is -0.142. The van der Waals surface area contributed by atoms with Gasteiger partial charge in [0.2, 0.25) is 15.9 Å². The molecule has 10 nitrogen and oxygen atoms in total. The summed E-state index contributed by atoms with van der Waals surface area (Å²) >= 11 is 1.30. The zero-order chi connectivity index (χ0) is 30.2. The molecule has 0 aromatic heterocycles. The van der Waals surface area contributed by atoms with Gasteiger partial charge in [-0.15, -0.1) is 11.8 Å². The highest BCUT2D eigenvalue weighted by Crippen LogP contribution is 2.34. The van der Waals surface area contributed by atoms with E-state index in [0.717, 1.165) is 9.87 Å². The van der Waals surface area contributed by atoms with Crippen molar-refractivity contribution in [1.29, 1.82) is 5.41 Å². The van der Waals surface area contributed by atoms with Crippen molar-refractivity contribution < 1.29 is 32.7 Å². The number of benzene rings is 2. The van der Waals surface area contributed by atoms with E-state index in [2.05, 4.69) is 5.32 Å². The van der Waals surface area contributed by atoms with Gasteiger partial charge in [0.05, 0.1) is 10.3 Å². The van der Waals surface area contributed by atoms with Crippen LogP contribution in [0.4, 0.5) is 0 Å². The molecule has 3 atom stereocenters. The molecule has 0 radical (unpaired) electrons. The van der Waals surface area contributed by atoms with Crippen LogP contribution in [-0.4, -0.2) is 70.2 Å². The van der Waals surface area contributed by atoms with Gasteiger partial charge in [-0.25, -0.2) is 13.2 Å². The van der Waals surface area contributed by atoms with Crippen LogP contribution < -0.4 is 5.32 Å². The predicted molar refractivity (Wildman–Crippen MR) is 156 cm³/mol. The minimum absolute atomic E-state index is 0.0218. The number of aliphatic carboxylic acids is 1. The van der Waals surface area contributed by atoms with E-state index in [0.29, 0.717) is 17.7 Å². The normalized spacial score (nSPS) is 18.0. The smallest absolute Gasteiger partial charge is 0.326 e. The van der Waals surface area contributed by atoms with Crippen molar-refractivity contribution in [3.05, 3.63) is 65.7 Å². The Morgan fingerprint density at radius 3 is 2.24 bits per heavy atom. The molecule has 0 saturated carbocycles. The fraction of sp³-hybridized carbons (Fsp3) is 0.414. The van der Waals surface area contributed by atoms with Gasteiger partial charge in [0, 0.05) is 43.6 Å². The molecule has 0 spiro atoms. The molecule has 220 valence electrons. The van der Waals surface area contributed by atoms with E-state index < -0.39 is 39.4 Å². The van der Waals surface area contributed by atoms with Gasteiger partial charge in [-0.05, 0) is 43.5 Å². The standard InChI is InChI=1S/C29H35N3O7S2/c1-19(30)15-23(33)7-6-8-24(34)16-21-11-13-22(14-12-21)17-26(29(36)37)31-28(35)27-18-40-20(2)32(27)41(38,39)25-9-4-3-5-10-25/h3-5,9-14,20,26-27,30H,6-8,15-18H2,1-2H3,(H,31,35)(H,36,37)/t20?,26?,27-/m0/s1. The third-order valence-corrected chi connectivity index (χ3v) is 9.98. The van der Waals surface area contributed by atoms with Gasteiger partial charge in [-0.1, -0.05) is 42.5 Å². The zero-order valence-electron chi connectivity index (χ0n) is 23.0. The molecular weight excluding hydrogens is 566 g/mol. The molecule has 2 aromatic carbocycles. The maximum atomic E-state index is 13.3. The van der Waals surface area contributed by atoms with Crippen molar-refractivity contribution in [2.24, 2.45) is 0 Å². The molecular formula is C29H35N3O7S2. The summed E-state index contributed by atoms with van der Waals surface area (Å²) in [4.78, 5) is 49.2. The van der Waals surface area contributed by atoms with E-state index >= 15 is 0 Å². The third-order valence-electron chi connectivity index (χ3n) is 6.63. The number of thioether (sulfide) groups is 1. The van der Waals surface area contributed by atoms with Gasteiger partial charge in [-0.2, -0.15) is 4.31 Å². The Hall–Kier alpha value is -3.35. The van der Waals surface area contributed by atoms with Gasteiger partial charge in [0.15, 0.2) is 0 Å². The average Bonchev–Trinajstić information content (AvgIpc) is 3.31. The maximum absolute atomic E-state index is 13.3. The van der Waals surface area contributed by atoms with Crippen LogP contribution >= 0.6 is 11.8 Å². The Morgan fingerprint density at radius 1 is 1.02 bits per heavy atom. The number of amides is 1. The summed E-state index contributed by atoms with van der Waals surface area (Å²) < 4.78 is 27.7. The molecule has 1 aliphatic heterocycles. The lowest BCUT2D eigenvalue weighted by Crippen LogP contribution is -2.53. The molecule has 1 amide bonds. The van der Waals surface area contributed by atoms with Crippen molar-refractivity contribution in [1.82, 2.24) is 9.62 Å². The summed E-state index contributed by atoms with van der Waals surface area (Å²) in [6.07, 6.45) is 1.22. The SMILES string of the molecule is CC(=N)CC(=O)CCCC(=O)Cc1ccc(CC(NC(=O)[C@@H]2CSC(C)N2S(=O)(=O)c2ccccc2)C(=O)O)cc1. The number of carboxylic acids is 1. The molecule has 1 aliphatic rings. The van der Waals surface area contributed by atoms with Crippen LogP contribution in [-0.2, 0) is 42.0 Å². The molecule has 0 bridgehead atoms. The molecule has 0 aliphatic carbocycles. The van der Waals surface area contributed by atoms with E-state index in [-0.39, 0.29) is 54.3 Å². The summed E-state index contributed by atoms with van der Waals surface area (Å²) in [5, 5.41) is 19.2. The van der Waals surface area contributed by atoms with Gasteiger partial charge < -0.3 is 15.8 Å². The van der Waals surface area contributed by atoms with Crippen molar-refractivity contribution in [2.45, 2.75) is 74.7 Å². The third kappa shape index (κ3) is 9.07. The molecule has 1 saturated heterocycles. The van der Waals surface area contributed by atoms with E-state index in [1.807, 2.05) is 0 Å². The lowest BCUT2D eigenvalue weighted by atomic mass is 10.00. The van der Waals surface area contributed by atoms with Gasteiger partial charge in [0.25, 0.3) is 0 Å². The average molecular weight is 602 g/mol. The number of hydrogen-bond acceptors (Lipinski definition) is 8. The number of hydrogen-bond donors (Lipinski definition) is 3. The maximum Gasteiger partial charge on any atom is 0.326 e. The van der Waals surface area contributed by atoms with Crippen LogP contribution in [0.5, 0.6) is 0 Å². The van der Waals surface area contributed by atoms with Crippen LogP contribution in [0.1, 0.15) is 50.7 Å². The number of ketones is 2. The first kappa shape index (κ1) is 32.2. The summed E-state index contributed by atoms with van der Waals surface area (Å²) in [6, 6.07) is 12.3. The highest BCUT2D eigenvalue weighted by Gasteiger charge is 2.45. The van der Waals surface area contributed by atoms with E-state index in [1.165, 1.54) is 23.9 Å². The summed E-state index contributed by atoms with van der Waals surface area (Å²) in [6.45, 7) is 3.26. The van der Waals surface area contributed by atoms with Gasteiger partial charge >= 0.3 is 5.97 Å². The highest BCUT2D eigenvalue weighted by molar-refractivity contribution is 8.01. The number of nitrogens with zero attached hydrogens (tertiary/aromatic N) is 1. The quantitative estimate of drug-likeness (QED) is 0.262. The Morgan fingerprint density at radius 2 is 1.63 bits per heavy atom. The molecule has 12 heteroatoms. The first-order chi connectivity index (χ1) is 19.4. The number of carboxylic acid groups (broad SMARTS) is 1. The van der Waals surface area contributed by atoms with Crippen LogP contribution in [0.25, 0.3) is 0 Å². The van der Waals surface area contributed by atoms with Crippen molar-refractivity contribution in [2.75, 3.05) is 5.75 Å². The predicted octanol–water partition coefficient (Wildman–Crippen LogP) is 3.23. The molecule has 3 N–H and O–H groups in total. The van der Waals surface area contributed by atoms with Crippen LogP contribution in [0.15, 0.2) is 59.5 Å². The Bertz CT molecular complexity index is 1380. The summed E-state index contributed by atoms with van der Waals surface area (Å²) in [5.41, 5.74) is 1.68. The van der Waals surface area contributed by atoms with E-state index in [4.69, 9.17) is 5.41 Å². The number of carbonyl (C=O) groups is 4. The fourth-order valence-corrected chi connectivity index (χ4v) is 7.90. The second-order valence-corrected chi connectivity index (χ2v) is 13.3. The molecule has 1 heterocycles. The monoisotopic (exact) mass is 601 g/mol. The number of nitrogens with one attached hydrogen (secondary N) is 2. The van der Waals surface area contributed by atoms with Crippen molar-refractivity contribution in [3.63, 3.8) is 0 Å². The number of Topliss-reactive ketones (excluding diaryl/α,β-unsaturated/α-hetero) is 2. The van der Waals surface area contributed by atoms with Crippen LogP contribution in [0, 0.1) is 5.41 Å². The molecule has 2 unspecified atom stereocenters. The Balaban J connectivity index is 1.59. The second-order valence-electron chi connectivity index (χ2n) is 10.1. The van der Waals surface area contributed by atoms with Crippen molar-refractivity contribution in [3.8, 4) is 0 Å². The van der Waals surface area contributed by atoms with E-state index in [9.17, 15) is 32.7 Å². The lowest BCUT2D eigenvalue weighted by Gasteiger charge is -2.27. The van der Waals surface area contributed by atoms with Gasteiger partial charge in [0.1, 0.15) is 23.7 Å². The van der Waals surface area contributed by atoms with Crippen LogP contribution in [0.2, 0.25) is 0 Å². The molecule has 41 heavy (non-hydrogen) atoms. The Kier molecular flexibility index (Phi) is 11.4. The minimum atomic E-state index is -3.98. The first-order valence-corrected chi connectivity index (χ1v) is 15.8. The first-order valence-electron chi connectivity index (χ1n) is 13.3. The zero-order valence-corrected chi connectivity index (χ0v) is 24.7. The molecule has 1 fully saturated rings. The van der Waals surface area contributed by atoms with Crippen molar-refractivity contribution >= 4 is 50.9 Å². The van der Waals surface area contributed by atoms with Crippen LogP contribution in [0.3, 0.4) is 0 Å². The van der Waals surface area contributed by atoms with E-state index in [1.54, 1.807) is 56.3 Å². The number of rotatable bonds is 15. The Labute approximate surface area is 244 Å². The summed E-state index contributed by atoms with van der Waals surface area (Å²) in [7, 11) is -3.98. The highest BCUT2D eigenvalue weighted by atomic mass is 32.2. The number of sulfonamides is 1. The number of carbonyl (C=O) groups excluding carboxylic acids is 3. The van der Waals surface area contributed by atoms with Gasteiger partial charge in [-0.3, -0.25) is 14.4 Å². The fourth-order valence-electron chi connectivity index (χ4n) is 4.58. The molecule has 3 rings (SSSR count).